The van der Waals surface area contributed by atoms with Crippen molar-refractivity contribution in [3.05, 3.63) is 69.2 Å². The zero-order valence-electron chi connectivity index (χ0n) is 33.5. The smallest absolute Gasteiger partial charge is 0.0434 e. The van der Waals surface area contributed by atoms with Gasteiger partial charge >= 0.3 is 0 Å². The van der Waals surface area contributed by atoms with Crippen LogP contribution < -0.4 is 0 Å². The van der Waals surface area contributed by atoms with Gasteiger partial charge in [0.05, 0.1) is 0 Å². The van der Waals surface area contributed by atoms with Crippen molar-refractivity contribution in [2.24, 2.45) is 0 Å². The minimum Gasteiger partial charge on any atom is -0.142 e. The van der Waals surface area contributed by atoms with Gasteiger partial charge in [-0.2, -0.15) is 0 Å². The van der Waals surface area contributed by atoms with Crippen molar-refractivity contribution >= 4 is 161 Å². The molecule has 0 fully saturated rings. The van der Waals surface area contributed by atoms with Crippen LogP contribution in [0.25, 0.3) is 127 Å². The third kappa shape index (κ3) is 4.19. The molecule has 282 valence electrons. The van der Waals surface area contributed by atoms with Crippen LogP contribution >= 0.6 is 34.0 Å². The predicted octanol–water partition coefficient (Wildman–Crippen LogP) is 18.7. The third-order valence-corrected chi connectivity index (χ3v) is 17.7. The standard InChI is InChI=1S/C54H48S3/c1-4-7-10-13-16-28-19-22-31-40-37(28)34-25-55-53-32-23-20-29(17-14-11-8-5-2)39-36-27-57-54-33-24-21-30(18-15-12-9-6-3)38-35-26-56-52(31)44(35)50-46(40)49(43(34)53)47(41(32)39)51(45(36)54)48(50)42(33)38/h19-27H,4-18H2,1-3H3. The number of fused-ring (bicyclic) bond motifs is 6. The highest BCUT2D eigenvalue weighted by Gasteiger charge is 2.34. The van der Waals surface area contributed by atoms with Gasteiger partial charge < -0.3 is 0 Å². The molecular formula is C54H48S3. The van der Waals surface area contributed by atoms with Crippen LogP contribution in [0.4, 0.5) is 0 Å². The van der Waals surface area contributed by atoms with Crippen LogP contribution in [0.2, 0.25) is 0 Å². The first kappa shape index (κ1) is 33.9. The molecule has 0 nitrogen and oxygen atoms in total. The van der Waals surface area contributed by atoms with E-state index in [2.05, 4.69) is 73.3 Å². The minimum atomic E-state index is 1.16. The first-order chi connectivity index (χ1) is 28.2. The Morgan fingerprint density at radius 2 is 0.579 bits per heavy atom. The number of rotatable bonds is 15. The molecule has 0 unspecified atom stereocenters. The maximum absolute atomic E-state index is 2.58. The second-order valence-electron chi connectivity index (χ2n) is 17.8. The molecule has 3 heteroatoms. The van der Waals surface area contributed by atoms with E-state index in [-0.39, 0.29) is 0 Å². The van der Waals surface area contributed by atoms with E-state index in [0.29, 0.717) is 0 Å². The van der Waals surface area contributed by atoms with Crippen molar-refractivity contribution in [1.29, 1.82) is 0 Å². The summed E-state index contributed by atoms with van der Waals surface area (Å²) in [6.07, 6.45) is 19.1. The number of hydrogen-bond donors (Lipinski definition) is 0. The quantitative estimate of drug-likeness (QED) is 0.0551. The summed E-state index contributed by atoms with van der Waals surface area (Å²) in [7, 11) is 0. The second kappa shape index (κ2) is 12.5. The molecule has 0 atom stereocenters. The van der Waals surface area contributed by atoms with Gasteiger partial charge in [0.25, 0.3) is 0 Å². The lowest BCUT2D eigenvalue weighted by Crippen LogP contribution is -2.00. The summed E-state index contributed by atoms with van der Waals surface area (Å²) in [6, 6.07) is 15.3. The summed E-state index contributed by atoms with van der Waals surface area (Å²) in [6.45, 7) is 7.01. The number of unbranched alkanes of at least 4 members (excludes halogenated alkanes) is 9. The Morgan fingerprint density at radius 1 is 0.281 bits per heavy atom. The highest BCUT2D eigenvalue weighted by atomic mass is 32.1. The van der Waals surface area contributed by atoms with Gasteiger partial charge in [0.2, 0.25) is 0 Å². The lowest BCUT2D eigenvalue weighted by molar-refractivity contribution is 0.668. The van der Waals surface area contributed by atoms with Crippen molar-refractivity contribution < 1.29 is 0 Å². The van der Waals surface area contributed by atoms with Crippen LogP contribution in [0, 0.1) is 0 Å². The van der Waals surface area contributed by atoms with Crippen LogP contribution in [0.15, 0.2) is 52.5 Å². The first-order valence-corrected chi connectivity index (χ1v) is 25.0. The largest absolute Gasteiger partial charge is 0.142 e. The highest BCUT2D eigenvalue weighted by Crippen LogP contribution is 2.63. The third-order valence-electron chi connectivity index (χ3n) is 14.7. The number of hydrogen-bond acceptors (Lipinski definition) is 3. The summed E-state index contributed by atoms with van der Waals surface area (Å²) in [5, 5.41) is 40.3. The fourth-order valence-corrected chi connectivity index (χ4v) is 15.6. The van der Waals surface area contributed by atoms with Crippen molar-refractivity contribution in [2.45, 2.75) is 117 Å². The van der Waals surface area contributed by atoms with Gasteiger partial charge in [0.15, 0.2) is 0 Å². The molecule has 0 spiro atoms. The molecule has 10 aromatic carbocycles. The Morgan fingerprint density at radius 3 is 0.877 bits per heavy atom. The molecular weight excluding hydrogens is 745 g/mol. The zero-order valence-corrected chi connectivity index (χ0v) is 36.0. The SMILES string of the molecule is CCCCCCc1ccc2c3scc4c5c(CCCCCC)ccc6c7scc8c9c(CCCCCC)ccc%10c%11scc%12c1c2c1c(c43)c(c65)c(c87)c(c%109)c1c%12%11. The molecule has 0 saturated heterocycles. The van der Waals surface area contributed by atoms with Gasteiger partial charge in [-0.15, -0.1) is 34.0 Å². The summed E-state index contributed by atoms with van der Waals surface area (Å²) < 4.78 is 4.54. The summed E-state index contributed by atoms with van der Waals surface area (Å²) in [5.41, 5.74) is 4.70. The fourth-order valence-electron chi connectivity index (χ4n) is 12.3. The van der Waals surface area contributed by atoms with E-state index >= 15 is 0 Å². The zero-order chi connectivity index (χ0) is 37.7. The van der Waals surface area contributed by atoms with Gasteiger partial charge in [0.1, 0.15) is 0 Å². The van der Waals surface area contributed by atoms with Gasteiger partial charge in [-0.25, -0.2) is 0 Å². The Balaban J connectivity index is 1.29. The van der Waals surface area contributed by atoms with Crippen LogP contribution in [0.5, 0.6) is 0 Å². The van der Waals surface area contributed by atoms with Crippen molar-refractivity contribution in [1.82, 2.24) is 0 Å². The van der Waals surface area contributed by atoms with Crippen molar-refractivity contribution in [3.8, 4) is 0 Å². The molecule has 13 rings (SSSR count). The molecule has 13 aromatic rings. The van der Waals surface area contributed by atoms with E-state index in [1.54, 1.807) is 97.5 Å². The van der Waals surface area contributed by atoms with Crippen molar-refractivity contribution in [3.63, 3.8) is 0 Å². The molecule has 0 amide bonds. The Kier molecular flexibility index (Phi) is 7.43. The predicted molar refractivity (Wildman–Crippen MR) is 261 cm³/mol. The van der Waals surface area contributed by atoms with Crippen LogP contribution in [-0.4, -0.2) is 0 Å². The van der Waals surface area contributed by atoms with E-state index in [1.165, 1.54) is 123 Å². The molecule has 0 radical (unpaired) electrons. The summed E-state index contributed by atoms with van der Waals surface area (Å²) in [5.74, 6) is 0. The molecule has 0 aliphatic rings. The molecule has 57 heavy (non-hydrogen) atoms. The highest BCUT2D eigenvalue weighted by molar-refractivity contribution is 7.21. The molecule has 0 aliphatic heterocycles. The van der Waals surface area contributed by atoms with E-state index in [1.807, 2.05) is 34.0 Å². The lowest BCUT2D eigenvalue weighted by atomic mass is 9.75. The Labute approximate surface area is 345 Å². The number of aryl methyl sites for hydroxylation is 3. The van der Waals surface area contributed by atoms with Gasteiger partial charge in [0, 0.05) is 94.9 Å². The Hall–Kier alpha value is -4.02. The van der Waals surface area contributed by atoms with Gasteiger partial charge in [-0.1, -0.05) is 115 Å². The molecule has 0 aliphatic carbocycles. The number of benzene rings is 10. The maximum atomic E-state index is 2.58. The molecule has 3 heterocycles. The normalized spacial score (nSPS) is 13.5. The van der Waals surface area contributed by atoms with E-state index in [4.69, 9.17) is 0 Å². The lowest BCUT2D eigenvalue weighted by Gasteiger charge is -2.27. The summed E-state index contributed by atoms with van der Waals surface area (Å²) in [4.78, 5) is 0. The molecule has 3 aromatic heterocycles. The number of thiophene rings is 3. The second-order valence-corrected chi connectivity index (χ2v) is 20.4. The van der Waals surface area contributed by atoms with Crippen LogP contribution in [0.3, 0.4) is 0 Å². The monoisotopic (exact) mass is 792 g/mol. The van der Waals surface area contributed by atoms with E-state index in [9.17, 15) is 0 Å². The molecule has 0 saturated carbocycles. The van der Waals surface area contributed by atoms with E-state index in [0.717, 1.165) is 19.3 Å². The van der Waals surface area contributed by atoms with Crippen LogP contribution in [0.1, 0.15) is 115 Å². The minimum absolute atomic E-state index is 1.16. The molecule has 0 N–H and O–H groups in total. The van der Waals surface area contributed by atoms with Crippen molar-refractivity contribution in [2.75, 3.05) is 0 Å². The average molecular weight is 793 g/mol. The average Bonchev–Trinajstić information content (AvgIpc) is 4.00. The maximum Gasteiger partial charge on any atom is 0.0434 e. The summed E-state index contributed by atoms with van der Waals surface area (Å²) >= 11 is 6.08. The fraction of sp³-hybridized carbons (Fsp3) is 0.333. The van der Waals surface area contributed by atoms with Gasteiger partial charge in [-0.05, 0) is 104 Å². The van der Waals surface area contributed by atoms with E-state index < -0.39 is 0 Å². The Bertz CT molecular complexity index is 3180. The van der Waals surface area contributed by atoms with Gasteiger partial charge in [-0.3, -0.25) is 0 Å². The topological polar surface area (TPSA) is 0 Å². The van der Waals surface area contributed by atoms with Crippen LogP contribution in [-0.2, 0) is 19.3 Å². The first-order valence-electron chi connectivity index (χ1n) is 22.3. The molecule has 0 bridgehead atoms.